The highest BCUT2D eigenvalue weighted by Crippen LogP contribution is 2.46. The average molecular weight is 358 g/mol. The van der Waals surface area contributed by atoms with Crippen molar-refractivity contribution in [2.75, 3.05) is 26.9 Å². The minimum atomic E-state index is -0.763. The number of quaternary nitrogens is 1. The molecule has 0 aliphatic carbocycles. The van der Waals surface area contributed by atoms with E-state index in [1.165, 1.54) is 0 Å². The van der Waals surface area contributed by atoms with Gasteiger partial charge in [0.15, 0.2) is 0 Å². The zero-order valence-corrected chi connectivity index (χ0v) is 15.8. The van der Waals surface area contributed by atoms with Crippen molar-refractivity contribution in [1.82, 2.24) is 4.48 Å². The fraction of sp³-hybridized carbons (Fsp3) is 0.174. The Hall–Kier alpha value is -3.11. The summed E-state index contributed by atoms with van der Waals surface area (Å²) in [4.78, 5) is 4.80. The molecule has 27 heavy (non-hydrogen) atoms. The van der Waals surface area contributed by atoms with E-state index in [1.807, 2.05) is 42.5 Å². The summed E-state index contributed by atoms with van der Waals surface area (Å²) >= 11 is 0. The van der Waals surface area contributed by atoms with Gasteiger partial charge < -0.3 is 10.8 Å². The van der Waals surface area contributed by atoms with E-state index in [2.05, 4.69) is 39.3 Å². The van der Waals surface area contributed by atoms with Crippen LogP contribution in [0, 0.1) is 0 Å². The topological polar surface area (TPSA) is 58.6 Å². The molecule has 0 spiro atoms. The molecular weight excluding hydrogens is 334 g/mol. The Morgan fingerprint density at radius 3 is 2.30 bits per heavy atom. The SMILES string of the molecule is C[N+](C)(C)c1ccc2ccc(O)c(C3(c4ccc(N)cc4)C=CC=N3)c2c1. The maximum atomic E-state index is 10.9. The van der Waals surface area contributed by atoms with Gasteiger partial charge in [0.05, 0.1) is 21.1 Å². The van der Waals surface area contributed by atoms with Crippen LogP contribution in [0.25, 0.3) is 10.8 Å². The summed E-state index contributed by atoms with van der Waals surface area (Å²) in [6, 6.07) is 17.8. The lowest BCUT2D eigenvalue weighted by Gasteiger charge is -2.29. The minimum Gasteiger partial charge on any atom is -0.508 e. The standard InChI is InChI=1S/C23H23N3O/c1-26(2,3)19-11-5-16-6-12-21(27)22(20(16)15-19)23(13-4-14-25-23)17-7-9-18(24)10-8-17/h4-15H,24H2,1-3H3/p+1. The number of phenols is 1. The van der Waals surface area contributed by atoms with Crippen LogP contribution in [0.5, 0.6) is 5.75 Å². The molecule has 0 saturated carbocycles. The van der Waals surface area contributed by atoms with Crippen molar-refractivity contribution >= 4 is 28.4 Å². The van der Waals surface area contributed by atoms with Crippen LogP contribution in [-0.2, 0) is 5.54 Å². The molecule has 1 atom stereocenters. The molecule has 0 radical (unpaired) electrons. The monoisotopic (exact) mass is 358 g/mol. The number of hydrogen-bond acceptors (Lipinski definition) is 3. The number of nitrogens with two attached hydrogens (primary N) is 1. The lowest BCUT2D eigenvalue weighted by atomic mass is 9.80. The quantitative estimate of drug-likeness (QED) is 0.544. The third kappa shape index (κ3) is 2.78. The van der Waals surface area contributed by atoms with Gasteiger partial charge in [0.25, 0.3) is 0 Å². The fourth-order valence-corrected chi connectivity index (χ4v) is 3.70. The Labute approximate surface area is 159 Å². The molecule has 3 aromatic carbocycles. The summed E-state index contributed by atoms with van der Waals surface area (Å²) < 4.78 is 0.693. The van der Waals surface area contributed by atoms with E-state index < -0.39 is 5.54 Å². The van der Waals surface area contributed by atoms with Crippen LogP contribution < -0.4 is 10.2 Å². The first-order valence-corrected chi connectivity index (χ1v) is 8.98. The third-order valence-electron chi connectivity index (χ3n) is 5.19. The number of phenolic OH excluding ortho intramolecular Hbond substituents is 1. The molecule has 4 rings (SSSR count). The largest absolute Gasteiger partial charge is 0.508 e. The molecule has 1 aliphatic heterocycles. The first-order valence-electron chi connectivity index (χ1n) is 8.98. The molecule has 0 amide bonds. The number of nitrogen functional groups attached to an aromatic ring is 1. The number of nitrogens with zero attached hydrogens (tertiary/aromatic N) is 2. The maximum Gasteiger partial charge on any atom is 0.133 e. The molecule has 4 nitrogen and oxygen atoms in total. The Kier molecular flexibility index (Phi) is 3.82. The Bertz CT molecular complexity index is 1060. The van der Waals surface area contributed by atoms with Crippen molar-refractivity contribution in [3.63, 3.8) is 0 Å². The molecule has 1 unspecified atom stereocenters. The van der Waals surface area contributed by atoms with Crippen LogP contribution in [0.3, 0.4) is 0 Å². The van der Waals surface area contributed by atoms with E-state index in [1.54, 1.807) is 12.3 Å². The number of hydrogen-bond donors (Lipinski definition) is 2. The Morgan fingerprint density at radius 1 is 0.963 bits per heavy atom. The predicted molar refractivity (Wildman–Crippen MR) is 114 cm³/mol. The predicted octanol–water partition coefficient (Wildman–Crippen LogP) is 4.21. The molecule has 0 fully saturated rings. The Morgan fingerprint density at radius 2 is 1.67 bits per heavy atom. The van der Waals surface area contributed by atoms with E-state index in [9.17, 15) is 5.11 Å². The molecule has 136 valence electrons. The summed E-state index contributed by atoms with van der Waals surface area (Å²) in [5.41, 5.74) is 8.76. The highest BCUT2D eigenvalue weighted by atomic mass is 16.3. The highest BCUT2D eigenvalue weighted by Gasteiger charge is 2.37. The van der Waals surface area contributed by atoms with E-state index in [4.69, 9.17) is 10.7 Å². The van der Waals surface area contributed by atoms with Crippen LogP contribution >= 0.6 is 0 Å². The van der Waals surface area contributed by atoms with Crippen molar-refractivity contribution in [1.29, 1.82) is 0 Å². The molecule has 1 heterocycles. The number of aromatic hydroxyl groups is 1. The van der Waals surface area contributed by atoms with Crippen LogP contribution in [0.2, 0.25) is 0 Å². The van der Waals surface area contributed by atoms with Crippen LogP contribution in [0.1, 0.15) is 11.1 Å². The van der Waals surface area contributed by atoms with Crippen LogP contribution in [0.15, 0.2) is 71.7 Å². The van der Waals surface area contributed by atoms with Gasteiger partial charge in [-0.25, -0.2) is 0 Å². The third-order valence-corrected chi connectivity index (χ3v) is 5.19. The van der Waals surface area contributed by atoms with Crippen molar-refractivity contribution in [2.24, 2.45) is 4.99 Å². The summed E-state index contributed by atoms with van der Waals surface area (Å²) in [5.74, 6) is 0.238. The summed E-state index contributed by atoms with van der Waals surface area (Å²) in [5, 5.41) is 13.0. The van der Waals surface area contributed by atoms with Crippen molar-refractivity contribution < 1.29 is 5.11 Å². The number of aliphatic imine (C=N–C) groups is 1. The zero-order chi connectivity index (χ0) is 19.2. The zero-order valence-electron chi connectivity index (χ0n) is 15.8. The van der Waals surface area contributed by atoms with Crippen molar-refractivity contribution in [2.45, 2.75) is 5.54 Å². The first-order chi connectivity index (χ1) is 12.8. The van der Waals surface area contributed by atoms with Gasteiger partial charge in [-0.3, -0.25) is 9.48 Å². The molecule has 0 aromatic heterocycles. The molecule has 1 aliphatic rings. The Balaban J connectivity index is 2.06. The van der Waals surface area contributed by atoms with Gasteiger partial charge in [-0.15, -0.1) is 0 Å². The number of allylic oxidation sites excluding steroid dienone is 1. The van der Waals surface area contributed by atoms with Crippen LogP contribution in [0.4, 0.5) is 11.4 Å². The molecule has 0 saturated heterocycles. The summed E-state index contributed by atoms with van der Waals surface area (Å²) in [6.07, 6.45) is 5.75. The van der Waals surface area contributed by atoms with E-state index in [0.717, 1.165) is 27.6 Å². The maximum absolute atomic E-state index is 10.9. The van der Waals surface area contributed by atoms with Crippen molar-refractivity contribution in [3.05, 3.63) is 77.9 Å². The normalized spacial score (nSPS) is 19.1. The van der Waals surface area contributed by atoms with Gasteiger partial charge in [0.1, 0.15) is 17.0 Å². The number of fused-ring (bicyclic) bond motifs is 1. The molecule has 4 heteroatoms. The van der Waals surface area contributed by atoms with E-state index >= 15 is 0 Å². The van der Waals surface area contributed by atoms with E-state index in [0.29, 0.717) is 10.2 Å². The summed E-state index contributed by atoms with van der Waals surface area (Å²) in [6.45, 7) is 0. The molecule has 3 aromatic rings. The second-order valence-electron chi connectivity index (χ2n) is 7.90. The average Bonchev–Trinajstić information content (AvgIpc) is 3.11. The minimum absolute atomic E-state index is 0.238. The number of benzene rings is 3. The van der Waals surface area contributed by atoms with Crippen molar-refractivity contribution in [3.8, 4) is 5.75 Å². The first kappa shape index (κ1) is 17.3. The number of anilines is 1. The second-order valence-corrected chi connectivity index (χ2v) is 7.90. The van der Waals surface area contributed by atoms with Gasteiger partial charge in [0.2, 0.25) is 0 Å². The summed E-state index contributed by atoms with van der Waals surface area (Å²) in [7, 11) is 6.40. The van der Waals surface area contributed by atoms with Gasteiger partial charge in [-0.2, -0.15) is 0 Å². The van der Waals surface area contributed by atoms with Gasteiger partial charge in [-0.05, 0) is 58.8 Å². The van der Waals surface area contributed by atoms with Gasteiger partial charge in [-0.1, -0.05) is 18.2 Å². The second kappa shape index (κ2) is 5.96. The molecular formula is C23H24N3O+. The lowest BCUT2D eigenvalue weighted by molar-refractivity contribution is 0.459. The van der Waals surface area contributed by atoms with Crippen LogP contribution in [-0.4, -0.2) is 32.5 Å². The highest BCUT2D eigenvalue weighted by molar-refractivity contribution is 5.93. The van der Waals surface area contributed by atoms with Gasteiger partial charge in [0, 0.05) is 23.5 Å². The lowest BCUT2D eigenvalue weighted by Crippen LogP contribution is -2.34. The van der Waals surface area contributed by atoms with Gasteiger partial charge >= 0.3 is 0 Å². The smallest absolute Gasteiger partial charge is 0.133 e. The fourth-order valence-electron chi connectivity index (χ4n) is 3.70. The molecule has 3 N–H and O–H groups in total. The molecule has 0 bridgehead atoms. The number of rotatable bonds is 3. The van der Waals surface area contributed by atoms with E-state index in [-0.39, 0.29) is 5.75 Å².